The van der Waals surface area contributed by atoms with Gasteiger partial charge in [-0.3, -0.25) is 4.79 Å². The number of hydrogen-bond acceptors (Lipinski definition) is 2. The van der Waals surface area contributed by atoms with Crippen molar-refractivity contribution < 1.29 is 19.8 Å². The molecule has 0 spiro atoms. The van der Waals surface area contributed by atoms with E-state index < -0.39 is 11.9 Å². The fourth-order valence-electron chi connectivity index (χ4n) is 1.88. The Labute approximate surface area is 106 Å². The van der Waals surface area contributed by atoms with E-state index in [4.69, 9.17) is 10.2 Å². The molecule has 1 rings (SSSR count). The highest BCUT2D eigenvalue weighted by Gasteiger charge is 2.12. The molecule has 0 radical (unpaired) electrons. The van der Waals surface area contributed by atoms with Gasteiger partial charge in [0.05, 0.1) is 5.56 Å². The zero-order valence-corrected chi connectivity index (χ0v) is 10.6. The van der Waals surface area contributed by atoms with Crippen LogP contribution in [0.5, 0.6) is 0 Å². The average molecular weight is 250 g/mol. The SMILES string of the molecule is CC(C)Cc1ccc(CCC(=O)O)c(C(=O)O)c1. The van der Waals surface area contributed by atoms with Crippen molar-refractivity contribution >= 4 is 11.9 Å². The molecule has 0 saturated heterocycles. The van der Waals surface area contributed by atoms with Gasteiger partial charge in [0.2, 0.25) is 0 Å². The molecule has 0 aliphatic rings. The van der Waals surface area contributed by atoms with E-state index in [0.717, 1.165) is 12.0 Å². The molecule has 0 atom stereocenters. The van der Waals surface area contributed by atoms with Crippen LogP contribution in [0.15, 0.2) is 18.2 Å². The van der Waals surface area contributed by atoms with E-state index in [1.54, 1.807) is 12.1 Å². The zero-order chi connectivity index (χ0) is 13.7. The van der Waals surface area contributed by atoms with Crippen LogP contribution in [0.1, 0.15) is 41.8 Å². The number of benzene rings is 1. The van der Waals surface area contributed by atoms with Gasteiger partial charge in [0.25, 0.3) is 0 Å². The van der Waals surface area contributed by atoms with Crippen molar-refractivity contribution in [3.63, 3.8) is 0 Å². The minimum Gasteiger partial charge on any atom is -0.481 e. The van der Waals surface area contributed by atoms with Gasteiger partial charge < -0.3 is 10.2 Å². The minimum atomic E-state index is -0.999. The van der Waals surface area contributed by atoms with Crippen LogP contribution in [0.2, 0.25) is 0 Å². The molecule has 1 aromatic rings. The Balaban J connectivity index is 2.97. The van der Waals surface area contributed by atoms with Crippen molar-refractivity contribution in [3.8, 4) is 0 Å². The van der Waals surface area contributed by atoms with Crippen LogP contribution in [0.25, 0.3) is 0 Å². The lowest BCUT2D eigenvalue weighted by atomic mass is 9.96. The molecular formula is C14H18O4. The molecule has 0 aliphatic carbocycles. The van der Waals surface area contributed by atoms with E-state index in [9.17, 15) is 9.59 Å². The molecule has 2 N–H and O–H groups in total. The van der Waals surface area contributed by atoms with Crippen LogP contribution in [0.4, 0.5) is 0 Å². The molecule has 18 heavy (non-hydrogen) atoms. The summed E-state index contributed by atoms with van der Waals surface area (Å²) in [7, 11) is 0. The first-order valence-electron chi connectivity index (χ1n) is 5.97. The number of carbonyl (C=O) groups is 2. The summed E-state index contributed by atoms with van der Waals surface area (Å²) >= 11 is 0. The molecule has 0 aromatic heterocycles. The fraction of sp³-hybridized carbons (Fsp3) is 0.429. The molecule has 4 heteroatoms. The quantitative estimate of drug-likeness (QED) is 0.813. The van der Waals surface area contributed by atoms with Crippen molar-refractivity contribution in [3.05, 3.63) is 34.9 Å². The fourth-order valence-corrected chi connectivity index (χ4v) is 1.88. The first-order valence-corrected chi connectivity index (χ1v) is 5.97. The largest absolute Gasteiger partial charge is 0.481 e. The lowest BCUT2D eigenvalue weighted by Gasteiger charge is -2.09. The Morgan fingerprint density at radius 2 is 1.89 bits per heavy atom. The average Bonchev–Trinajstić information content (AvgIpc) is 2.26. The van der Waals surface area contributed by atoms with E-state index in [0.29, 0.717) is 11.5 Å². The summed E-state index contributed by atoms with van der Waals surface area (Å²) in [5, 5.41) is 17.8. The molecule has 0 bridgehead atoms. The van der Waals surface area contributed by atoms with Crippen molar-refractivity contribution in [1.29, 1.82) is 0 Å². The van der Waals surface area contributed by atoms with Crippen molar-refractivity contribution in [2.45, 2.75) is 33.1 Å². The summed E-state index contributed by atoms with van der Waals surface area (Å²) in [6.45, 7) is 4.14. The van der Waals surface area contributed by atoms with E-state index in [2.05, 4.69) is 13.8 Å². The Morgan fingerprint density at radius 3 is 2.39 bits per heavy atom. The summed E-state index contributed by atoms with van der Waals surface area (Å²) in [6, 6.07) is 5.26. The smallest absolute Gasteiger partial charge is 0.335 e. The normalized spacial score (nSPS) is 10.6. The predicted octanol–water partition coefficient (Wildman–Crippen LogP) is 2.60. The number of rotatable bonds is 6. The summed E-state index contributed by atoms with van der Waals surface area (Å²) in [5.74, 6) is -1.46. The molecular weight excluding hydrogens is 232 g/mol. The third-order valence-electron chi connectivity index (χ3n) is 2.66. The van der Waals surface area contributed by atoms with Crippen LogP contribution >= 0.6 is 0 Å². The summed E-state index contributed by atoms with van der Waals surface area (Å²) in [5.41, 5.74) is 1.77. The van der Waals surface area contributed by atoms with E-state index in [-0.39, 0.29) is 18.4 Å². The predicted molar refractivity (Wildman–Crippen MR) is 67.9 cm³/mol. The van der Waals surface area contributed by atoms with Crippen LogP contribution in [-0.4, -0.2) is 22.2 Å². The number of aromatic carboxylic acids is 1. The Hall–Kier alpha value is -1.84. The van der Waals surface area contributed by atoms with Gasteiger partial charge in [0.1, 0.15) is 0 Å². The molecule has 1 aromatic carbocycles. The molecule has 0 fully saturated rings. The topological polar surface area (TPSA) is 74.6 Å². The Kier molecular flexibility index (Phi) is 4.89. The molecule has 0 heterocycles. The van der Waals surface area contributed by atoms with Crippen molar-refractivity contribution in [1.82, 2.24) is 0 Å². The van der Waals surface area contributed by atoms with Crippen molar-refractivity contribution in [2.75, 3.05) is 0 Å². The highest BCUT2D eigenvalue weighted by atomic mass is 16.4. The maximum atomic E-state index is 11.2. The van der Waals surface area contributed by atoms with Gasteiger partial charge in [0, 0.05) is 6.42 Å². The highest BCUT2D eigenvalue weighted by molar-refractivity contribution is 5.89. The van der Waals surface area contributed by atoms with Gasteiger partial charge in [-0.15, -0.1) is 0 Å². The Morgan fingerprint density at radius 1 is 1.22 bits per heavy atom. The number of aliphatic carboxylic acids is 1. The first-order chi connectivity index (χ1) is 8.40. The van der Waals surface area contributed by atoms with Crippen LogP contribution in [0.3, 0.4) is 0 Å². The number of aryl methyl sites for hydroxylation is 1. The van der Waals surface area contributed by atoms with Crippen molar-refractivity contribution in [2.24, 2.45) is 5.92 Å². The van der Waals surface area contributed by atoms with Gasteiger partial charge in [-0.1, -0.05) is 26.0 Å². The Bertz CT molecular complexity index is 449. The molecule has 0 unspecified atom stereocenters. The first kappa shape index (κ1) is 14.2. The summed E-state index contributed by atoms with van der Waals surface area (Å²) in [4.78, 5) is 21.7. The van der Waals surface area contributed by atoms with Crippen LogP contribution in [0, 0.1) is 5.92 Å². The van der Waals surface area contributed by atoms with Crippen LogP contribution < -0.4 is 0 Å². The van der Waals surface area contributed by atoms with E-state index >= 15 is 0 Å². The number of carboxylic acids is 2. The molecule has 0 aliphatic heterocycles. The lowest BCUT2D eigenvalue weighted by Crippen LogP contribution is -2.07. The van der Waals surface area contributed by atoms with Gasteiger partial charge in [-0.25, -0.2) is 4.79 Å². The maximum absolute atomic E-state index is 11.2. The maximum Gasteiger partial charge on any atom is 0.335 e. The van der Waals surface area contributed by atoms with Gasteiger partial charge in [0.15, 0.2) is 0 Å². The molecule has 0 saturated carbocycles. The van der Waals surface area contributed by atoms with Gasteiger partial charge in [-0.2, -0.15) is 0 Å². The second-order valence-corrected chi connectivity index (χ2v) is 4.79. The van der Waals surface area contributed by atoms with Gasteiger partial charge >= 0.3 is 11.9 Å². The third-order valence-corrected chi connectivity index (χ3v) is 2.66. The minimum absolute atomic E-state index is 0.0518. The van der Waals surface area contributed by atoms with E-state index in [1.807, 2.05) is 6.07 Å². The number of hydrogen-bond donors (Lipinski definition) is 2. The summed E-state index contributed by atoms with van der Waals surface area (Å²) in [6.07, 6.45) is 1.02. The summed E-state index contributed by atoms with van der Waals surface area (Å²) < 4.78 is 0. The third kappa shape index (κ3) is 4.20. The zero-order valence-electron chi connectivity index (χ0n) is 10.6. The second kappa shape index (κ2) is 6.19. The molecule has 98 valence electrons. The standard InChI is InChI=1S/C14H18O4/c1-9(2)7-10-3-4-11(5-6-13(15)16)12(8-10)14(17)18/h3-4,8-9H,5-7H2,1-2H3,(H,15,16)(H,17,18). The molecule has 0 amide bonds. The van der Waals surface area contributed by atoms with E-state index in [1.165, 1.54) is 0 Å². The number of carboxylic acid groups (broad SMARTS) is 2. The monoisotopic (exact) mass is 250 g/mol. The van der Waals surface area contributed by atoms with Gasteiger partial charge in [-0.05, 0) is 36.0 Å². The highest BCUT2D eigenvalue weighted by Crippen LogP contribution is 2.17. The lowest BCUT2D eigenvalue weighted by molar-refractivity contribution is -0.136. The van der Waals surface area contributed by atoms with Crippen LogP contribution in [-0.2, 0) is 17.6 Å². The second-order valence-electron chi connectivity index (χ2n) is 4.79. The molecule has 4 nitrogen and oxygen atoms in total.